The lowest BCUT2D eigenvalue weighted by Crippen LogP contribution is -2.36. The van der Waals surface area contributed by atoms with Crippen LogP contribution in [0.4, 0.5) is 18.9 Å². The fraction of sp³-hybridized carbons (Fsp3) is 0.304. The standard InChI is InChI=1S/C23H21F3N4O2S/c1-3-4-13-33-22-27-20-19(28-29-22)17-7-5-6-8-18(17)30(14(2)31)21(32-20)15-9-11-16(12-10-15)23(24,25)26/h5-12,21H,3-4,13H2,1-2H3. The fourth-order valence-corrected chi connectivity index (χ4v) is 4.34. The van der Waals surface area contributed by atoms with E-state index in [0.717, 1.165) is 30.7 Å². The maximum Gasteiger partial charge on any atom is 0.416 e. The molecule has 33 heavy (non-hydrogen) atoms. The molecule has 0 bridgehead atoms. The van der Waals surface area contributed by atoms with E-state index >= 15 is 0 Å². The first-order valence-electron chi connectivity index (χ1n) is 10.4. The maximum atomic E-state index is 13.1. The van der Waals surface area contributed by atoms with E-state index in [1.807, 2.05) is 0 Å². The summed E-state index contributed by atoms with van der Waals surface area (Å²) in [4.78, 5) is 18.6. The Bertz CT molecular complexity index is 1160. The van der Waals surface area contributed by atoms with Crippen molar-refractivity contribution in [3.8, 4) is 17.1 Å². The van der Waals surface area contributed by atoms with Crippen LogP contribution in [0.3, 0.4) is 0 Å². The van der Waals surface area contributed by atoms with E-state index in [2.05, 4.69) is 22.1 Å². The minimum Gasteiger partial charge on any atom is -0.447 e. The van der Waals surface area contributed by atoms with Gasteiger partial charge in [0, 0.05) is 23.8 Å². The summed E-state index contributed by atoms with van der Waals surface area (Å²) in [5, 5.41) is 8.96. The van der Waals surface area contributed by atoms with E-state index in [4.69, 9.17) is 4.74 Å². The largest absolute Gasteiger partial charge is 0.447 e. The van der Waals surface area contributed by atoms with Gasteiger partial charge in [0.15, 0.2) is 5.69 Å². The van der Waals surface area contributed by atoms with Gasteiger partial charge in [-0.3, -0.25) is 9.69 Å². The van der Waals surface area contributed by atoms with Gasteiger partial charge in [0.1, 0.15) is 0 Å². The number of unbranched alkanes of at least 4 members (excludes halogenated alkanes) is 1. The number of fused-ring (bicyclic) bond motifs is 3. The van der Waals surface area contributed by atoms with Crippen molar-refractivity contribution in [1.82, 2.24) is 15.2 Å². The van der Waals surface area contributed by atoms with Crippen LogP contribution in [0.2, 0.25) is 0 Å². The molecule has 1 unspecified atom stereocenters. The van der Waals surface area contributed by atoms with E-state index in [1.165, 1.54) is 35.7 Å². The number of thioether (sulfide) groups is 1. The molecule has 172 valence electrons. The van der Waals surface area contributed by atoms with Crippen LogP contribution >= 0.6 is 11.8 Å². The Hall–Kier alpha value is -3.14. The van der Waals surface area contributed by atoms with Crippen LogP contribution in [0, 0.1) is 0 Å². The first kappa shape index (κ1) is 23.0. The summed E-state index contributed by atoms with van der Waals surface area (Å²) in [5.74, 6) is 0.644. The minimum atomic E-state index is -4.47. The summed E-state index contributed by atoms with van der Waals surface area (Å²) in [6.07, 6.45) is -3.48. The molecule has 6 nitrogen and oxygen atoms in total. The highest BCUT2D eigenvalue weighted by atomic mass is 32.2. The molecule has 1 aliphatic heterocycles. The van der Waals surface area contributed by atoms with Crippen molar-refractivity contribution in [1.29, 1.82) is 0 Å². The second-order valence-corrected chi connectivity index (χ2v) is 8.51. The molecule has 0 saturated heterocycles. The van der Waals surface area contributed by atoms with Crippen molar-refractivity contribution in [2.45, 2.75) is 44.2 Å². The number of aromatic nitrogens is 3. The van der Waals surface area contributed by atoms with Crippen LogP contribution in [0.15, 0.2) is 53.7 Å². The predicted molar refractivity (Wildman–Crippen MR) is 119 cm³/mol. The quantitative estimate of drug-likeness (QED) is 0.339. The normalized spacial score (nSPS) is 15.3. The summed E-state index contributed by atoms with van der Waals surface area (Å²) in [5.41, 5.74) is 1.07. The van der Waals surface area contributed by atoms with Gasteiger partial charge >= 0.3 is 6.18 Å². The van der Waals surface area contributed by atoms with Gasteiger partial charge in [-0.15, -0.1) is 10.2 Å². The minimum absolute atomic E-state index is 0.171. The van der Waals surface area contributed by atoms with Gasteiger partial charge in [0.05, 0.1) is 11.3 Å². The second-order valence-electron chi connectivity index (χ2n) is 7.45. The molecule has 0 aliphatic carbocycles. The average molecular weight is 475 g/mol. The van der Waals surface area contributed by atoms with Gasteiger partial charge < -0.3 is 4.74 Å². The number of hydrogen-bond donors (Lipinski definition) is 0. The van der Waals surface area contributed by atoms with E-state index in [1.54, 1.807) is 24.3 Å². The Balaban J connectivity index is 1.82. The van der Waals surface area contributed by atoms with Gasteiger partial charge in [-0.25, -0.2) is 0 Å². The zero-order valence-corrected chi connectivity index (χ0v) is 18.8. The van der Waals surface area contributed by atoms with Gasteiger partial charge in [-0.05, 0) is 24.6 Å². The van der Waals surface area contributed by atoms with Crippen molar-refractivity contribution in [2.24, 2.45) is 0 Å². The molecule has 0 N–H and O–H groups in total. The average Bonchev–Trinajstić information content (AvgIpc) is 2.93. The lowest BCUT2D eigenvalue weighted by atomic mass is 10.1. The number of amides is 1. The third kappa shape index (κ3) is 4.80. The molecule has 10 heteroatoms. The van der Waals surface area contributed by atoms with Crippen molar-refractivity contribution >= 4 is 23.4 Å². The van der Waals surface area contributed by atoms with Crippen LogP contribution in [0.1, 0.15) is 44.0 Å². The molecular formula is C23H21F3N4O2S. The topological polar surface area (TPSA) is 68.2 Å². The molecule has 1 atom stereocenters. The first-order valence-corrected chi connectivity index (χ1v) is 11.4. The number of carbonyl (C=O) groups excluding carboxylic acids is 1. The fourth-order valence-electron chi connectivity index (χ4n) is 3.48. The summed E-state index contributed by atoms with van der Waals surface area (Å²) < 4.78 is 45.4. The summed E-state index contributed by atoms with van der Waals surface area (Å²) >= 11 is 1.44. The Morgan fingerprint density at radius 1 is 1.12 bits per heavy atom. The molecule has 3 aromatic rings. The number of alkyl halides is 3. The highest BCUT2D eigenvalue weighted by Crippen LogP contribution is 2.43. The molecule has 2 aromatic carbocycles. The van der Waals surface area contributed by atoms with E-state index < -0.39 is 18.0 Å². The lowest BCUT2D eigenvalue weighted by molar-refractivity contribution is -0.137. The first-order chi connectivity index (χ1) is 15.8. The van der Waals surface area contributed by atoms with Crippen LogP contribution in [-0.4, -0.2) is 26.8 Å². The van der Waals surface area contributed by atoms with Gasteiger partial charge in [-0.2, -0.15) is 18.2 Å². The Labute approximate surface area is 193 Å². The number of hydrogen-bond acceptors (Lipinski definition) is 6. The SMILES string of the molecule is CCCCSc1nnc2c(n1)OC(c1ccc(C(F)(F)F)cc1)N(C(C)=O)c1ccccc1-2. The molecule has 0 saturated carbocycles. The number of ether oxygens (including phenoxy) is 1. The molecule has 0 spiro atoms. The summed E-state index contributed by atoms with van der Waals surface area (Å²) in [6.45, 7) is 3.46. The van der Waals surface area contributed by atoms with E-state index in [9.17, 15) is 18.0 Å². The summed E-state index contributed by atoms with van der Waals surface area (Å²) in [6, 6.07) is 11.6. The Morgan fingerprint density at radius 3 is 2.52 bits per heavy atom. The zero-order valence-electron chi connectivity index (χ0n) is 18.0. The maximum absolute atomic E-state index is 13.1. The van der Waals surface area contributed by atoms with Gasteiger partial charge in [0.25, 0.3) is 0 Å². The summed E-state index contributed by atoms with van der Waals surface area (Å²) in [7, 11) is 0. The number of nitrogens with zero attached hydrogens (tertiary/aromatic N) is 4. The van der Waals surface area contributed by atoms with Crippen LogP contribution in [-0.2, 0) is 11.0 Å². The van der Waals surface area contributed by atoms with Gasteiger partial charge in [0.2, 0.25) is 23.2 Å². The molecule has 0 radical (unpaired) electrons. The molecule has 1 aromatic heterocycles. The number of carbonyl (C=O) groups is 1. The number of para-hydroxylation sites is 1. The zero-order chi connectivity index (χ0) is 23.6. The Kier molecular flexibility index (Phi) is 6.55. The van der Waals surface area contributed by atoms with Gasteiger partial charge in [-0.1, -0.05) is 55.4 Å². The van der Waals surface area contributed by atoms with Crippen molar-refractivity contribution < 1.29 is 22.7 Å². The Morgan fingerprint density at radius 2 is 1.85 bits per heavy atom. The predicted octanol–water partition coefficient (Wildman–Crippen LogP) is 5.89. The van der Waals surface area contributed by atoms with E-state index in [-0.39, 0.29) is 11.8 Å². The third-order valence-electron chi connectivity index (χ3n) is 5.10. The van der Waals surface area contributed by atoms with Crippen molar-refractivity contribution in [2.75, 3.05) is 10.7 Å². The highest BCUT2D eigenvalue weighted by molar-refractivity contribution is 7.99. The molecule has 4 rings (SSSR count). The van der Waals surface area contributed by atoms with E-state index in [0.29, 0.717) is 27.7 Å². The molecule has 0 fully saturated rings. The lowest BCUT2D eigenvalue weighted by Gasteiger charge is -2.30. The smallest absolute Gasteiger partial charge is 0.416 e. The highest BCUT2D eigenvalue weighted by Gasteiger charge is 2.35. The van der Waals surface area contributed by atoms with Crippen LogP contribution in [0.25, 0.3) is 11.3 Å². The van der Waals surface area contributed by atoms with Crippen molar-refractivity contribution in [3.63, 3.8) is 0 Å². The monoisotopic (exact) mass is 474 g/mol. The number of anilines is 1. The van der Waals surface area contributed by atoms with Crippen LogP contribution in [0.5, 0.6) is 5.88 Å². The van der Waals surface area contributed by atoms with Crippen molar-refractivity contribution in [3.05, 3.63) is 59.7 Å². The van der Waals surface area contributed by atoms with Crippen LogP contribution < -0.4 is 9.64 Å². The number of halogens is 3. The number of benzene rings is 2. The third-order valence-corrected chi connectivity index (χ3v) is 6.03. The molecular weight excluding hydrogens is 453 g/mol. The molecule has 2 heterocycles. The number of rotatable bonds is 5. The molecule has 1 aliphatic rings. The second kappa shape index (κ2) is 9.38. The molecule has 1 amide bonds.